The van der Waals surface area contributed by atoms with Crippen LogP contribution in [0.4, 0.5) is 5.69 Å². The molecule has 0 spiro atoms. The molecular weight excluding hydrogens is 514 g/mol. The van der Waals surface area contributed by atoms with Crippen LogP contribution >= 0.6 is 11.3 Å². The fourth-order valence-electron chi connectivity index (χ4n) is 3.61. The second-order valence-electron chi connectivity index (χ2n) is 7.86. The molecule has 11 heteroatoms. The van der Waals surface area contributed by atoms with Crippen molar-refractivity contribution >= 4 is 49.1 Å². The molecule has 0 unspecified atom stereocenters. The van der Waals surface area contributed by atoms with E-state index in [1.165, 1.54) is 47.0 Å². The molecule has 0 aliphatic carbocycles. The number of carbonyl (C=O) groups excluding carboxylic acids is 2. The van der Waals surface area contributed by atoms with Crippen molar-refractivity contribution in [1.29, 1.82) is 0 Å². The molecule has 0 bridgehead atoms. The Labute approximate surface area is 218 Å². The van der Waals surface area contributed by atoms with Crippen molar-refractivity contribution in [3.05, 3.63) is 83.2 Å². The molecule has 37 heavy (non-hydrogen) atoms. The molecule has 9 nitrogen and oxygen atoms in total. The highest BCUT2D eigenvalue weighted by Gasteiger charge is 2.21. The lowest BCUT2D eigenvalue weighted by atomic mass is 10.2. The van der Waals surface area contributed by atoms with Crippen molar-refractivity contribution in [3.63, 3.8) is 0 Å². The van der Waals surface area contributed by atoms with Gasteiger partial charge in [0.05, 0.1) is 34.5 Å². The molecule has 4 aromatic rings. The van der Waals surface area contributed by atoms with Crippen LogP contribution in [0, 0.1) is 0 Å². The van der Waals surface area contributed by atoms with E-state index in [0.717, 1.165) is 4.70 Å². The number of carbonyl (C=O) groups is 2. The topological polar surface area (TPSA) is 107 Å². The van der Waals surface area contributed by atoms with Crippen LogP contribution in [0.2, 0.25) is 0 Å². The van der Waals surface area contributed by atoms with Crippen LogP contribution in [0.5, 0.6) is 5.75 Å². The van der Waals surface area contributed by atoms with E-state index in [0.29, 0.717) is 21.8 Å². The first-order chi connectivity index (χ1) is 17.7. The van der Waals surface area contributed by atoms with Crippen LogP contribution in [-0.2, 0) is 26.1 Å². The van der Waals surface area contributed by atoms with E-state index in [9.17, 15) is 18.0 Å². The van der Waals surface area contributed by atoms with Crippen molar-refractivity contribution in [2.45, 2.75) is 18.4 Å². The number of hydrogen-bond acceptors (Lipinski definition) is 7. The number of benzene rings is 3. The molecule has 0 aliphatic rings. The average Bonchev–Trinajstić information content (AvgIpc) is 3.24. The van der Waals surface area contributed by atoms with Gasteiger partial charge < -0.3 is 14.0 Å². The van der Waals surface area contributed by atoms with Gasteiger partial charge in [0, 0.05) is 12.6 Å². The fraction of sp³-hybridized carbons (Fsp3) is 0.192. The number of rotatable bonds is 8. The number of methoxy groups -OCH3 is 1. The Kier molecular flexibility index (Phi) is 7.74. The minimum absolute atomic E-state index is 0.0433. The molecule has 0 fully saturated rings. The van der Waals surface area contributed by atoms with Gasteiger partial charge in [-0.15, -0.1) is 0 Å². The monoisotopic (exact) mass is 539 g/mol. The Balaban J connectivity index is 1.67. The average molecular weight is 540 g/mol. The highest BCUT2D eigenvalue weighted by Crippen LogP contribution is 2.24. The SMILES string of the molecule is CCOC(=O)Cn1c(=NC(=O)c2ccc(S(=O)(=O)N(C)c3ccccc3)cc2)sc2cc(OC)ccc21. The van der Waals surface area contributed by atoms with Crippen molar-refractivity contribution in [3.8, 4) is 5.75 Å². The third kappa shape index (κ3) is 5.57. The van der Waals surface area contributed by atoms with E-state index in [1.807, 2.05) is 0 Å². The molecule has 0 saturated carbocycles. The van der Waals surface area contributed by atoms with E-state index >= 15 is 0 Å². The molecule has 0 atom stereocenters. The summed E-state index contributed by atoms with van der Waals surface area (Å²) in [5, 5.41) is 0. The number of anilines is 1. The summed E-state index contributed by atoms with van der Waals surface area (Å²) in [5.41, 5.74) is 1.43. The van der Waals surface area contributed by atoms with E-state index < -0.39 is 21.9 Å². The number of hydrogen-bond donors (Lipinski definition) is 0. The summed E-state index contributed by atoms with van der Waals surface area (Å²) in [6.45, 7) is 1.83. The first-order valence-corrected chi connectivity index (χ1v) is 13.6. The number of aromatic nitrogens is 1. The zero-order chi connectivity index (χ0) is 26.6. The number of sulfonamides is 1. The second kappa shape index (κ2) is 11.0. The fourth-order valence-corrected chi connectivity index (χ4v) is 5.86. The van der Waals surface area contributed by atoms with Gasteiger partial charge in [-0.25, -0.2) is 8.42 Å². The molecule has 0 saturated heterocycles. The van der Waals surface area contributed by atoms with Gasteiger partial charge in [0.25, 0.3) is 15.9 Å². The van der Waals surface area contributed by atoms with Crippen LogP contribution in [0.3, 0.4) is 0 Å². The largest absolute Gasteiger partial charge is 0.497 e. The highest BCUT2D eigenvalue weighted by atomic mass is 32.2. The van der Waals surface area contributed by atoms with Gasteiger partial charge in [0.15, 0.2) is 4.80 Å². The van der Waals surface area contributed by atoms with Gasteiger partial charge in [0.1, 0.15) is 12.3 Å². The number of para-hydroxylation sites is 1. The second-order valence-corrected chi connectivity index (χ2v) is 10.8. The molecule has 1 amide bonds. The Morgan fingerprint density at radius 3 is 2.38 bits per heavy atom. The van der Waals surface area contributed by atoms with Crippen molar-refractivity contribution in [1.82, 2.24) is 4.57 Å². The van der Waals surface area contributed by atoms with Gasteiger partial charge in [-0.1, -0.05) is 29.5 Å². The summed E-state index contributed by atoms with van der Waals surface area (Å²) < 4.78 is 40.0. The zero-order valence-electron chi connectivity index (χ0n) is 20.5. The molecule has 0 radical (unpaired) electrons. The summed E-state index contributed by atoms with van der Waals surface area (Å²) in [7, 11) is -0.794. The third-order valence-corrected chi connectivity index (χ3v) is 8.40. The van der Waals surface area contributed by atoms with Crippen molar-refractivity contribution in [2.75, 3.05) is 25.1 Å². The van der Waals surface area contributed by atoms with Crippen molar-refractivity contribution in [2.24, 2.45) is 4.99 Å². The summed E-state index contributed by atoms with van der Waals surface area (Å²) in [5.74, 6) is -0.396. The van der Waals surface area contributed by atoms with E-state index in [4.69, 9.17) is 9.47 Å². The molecule has 1 aromatic heterocycles. The lowest BCUT2D eigenvalue weighted by Crippen LogP contribution is -2.26. The van der Waals surface area contributed by atoms with Crippen LogP contribution in [0.25, 0.3) is 10.2 Å². The first-order valence-electron chi connectivity index (χ1n) is 11.3. The van der Waals surface area contributed by atoms with E-state index in [-0.39, 0.29) is 23.6 Å². The zero-order valence-corrected chi connectivity index (χ0v) is 22.1. The maximum atomic E-state index is 13.0. The standard InChI is InChI=1S/C26H25N3O6S2/c1-4-35-24(30)17-29-22-15-12-20(34-3)16-23(22)36-26(29)27-25(31)18-10-13-21(14-11-18)37(32,33)28(2)19-8-6-5-7-9-19/h5-16H,4,17H2,1-3H3. The van der Waals surface area contributed by atoms with E-state index in [2.05, 4.69) is 4.99 Å². The minimum atomic E-state index is -3.82. The predicted octanol–water partition coefficient (Wildman–Crippen LogP) is 3.84. The maximum absolute atomic E-state index is 13.0. The molecule has 0 N–H and O–H groups in total. The normalized spacial score (nSPS) is 11.9. The van der Waals surface area contributed by atoms with Gasteiger partial charge in [0.2, 0.25) is 0 Å². The van der Waals surface area contributed by atoms with Crippen LogP contribution in [-0.4, -0.2) is 45.6 Å². The number of thiazole rings is 1. The Morgan fingerprint density at radius 2 is 1.73 bits per heavy atom. The Morgan fingerprint density at radius 1 is 1.03 bits per heavy atom. The summed E-state index contributed by atoms with van der Waals surface area (Å²) in [4.78, 5) is 29.8. The lowest BCUT2D eigenvalue weighted by molar-refractivity contribution is -0.143. The molecule has 0 aliphatic heterocycles. The number of nitrogens with zero attached hydrogens (tertiary/aromatic N) is 3. The van der Waals surface area contributed by atoms with E-state index in [1.54, 1.807) is 67.1 Å². The van der Waals surface area contributed by atoms with Gasteiger partial charge >= 0.3 is 5.97 Å². The van der Waals surface area contributed by atoms with Crippen LogP contribution < -0.4 is 13.8 Å². The Hall–Kier alpha value is -3.96. The quantitative estimate of drug-likeness (QED) is 0.315. The molecule has 3 aromatic carbocycles. The molecule has 192 valence electrons. The predicted molar refractivity (Wildman–Crippen MR) is 141 cm³/mol. The third-order valence-electron chi connectivity index (χ3n) is 5.56. The van der Waals surface area contributed by atoms with Crippen LogP contribution in [0.1, 0.15) is 17.3 Å². The minimum Gasteiger partial charge on any atom is -0.497 e. The summed E-state index contributed by atoms with van der Waals surface area (Å²) in [6, 6.07) is 19.6. The number of esters is 1. The lowest BCUT2D eigenvalue weighted by Gasteiger charge is -2.19. The number of ether oxygens (including phenoxy) is 2. The number of fused-ring (bicyclic) bond motifs is 1. The Bertz CT molecular complexity index is 1610. The van der Waals surface area contributed by atoms with Gasteiger partial charge in [-0.3, -0.25) is 13.9 Å². The first kappa shape index (κ1) is 26.1. The van der Waals surface area contributed by atoms with Crippen molar-refractivity contribution < 1.29 is 27.5 Å². The molecule has 4 rings (SSSR count). The molecular formula is C26H25N3O6S2. The summed E-state index contributed by atoms with van der Waals surface area (Å²) in [6.07, 6.45) is 0. The van der Waals surface area contributed by atoms with Gasteiger partial charge in [-0.05, 0) is 61.5 Å². The smallest absolute Gasteiger partial charge is 0.326 e. The number of amides is 1. The summed E-state index contributed by atoms with van der Waals surface area (Å²) >= 11 is 1.23. The molecule has 1 heterocycles. The van der Waals surface area contributed by atoms with Gasteiger partial charge in [-0.2, -0.15) is 4.99 Å². The maximum Gasteiger partial charge on any atom is 0.326 e. The van der Waals surface area contributed by atoms with Crippen LogP contribution in [0.15, 0.2) is 82.7 Å². The highest BCUT2D eigenvalue weighted by molar-refractivity contribution is 7.92.